The van der Waals surface area contributed by atoms with E-state index in [2.05, 4.69) is 10.6 Å². The van der Waals surface area contributed by atoms with Crippen molar-refractivity contribution < 1.29 is 14.7 Å². The smallest absolute Gasteiger partial charge is 0.326 e. The summed E-state index contributed by atoms with van der Waals surface area (Å²) < 4.78 is 0. The molecule has 0 aliphatic carbocycles. The lowest BCUT2D eigenvalue weighted by molar-refractivity contribution is -0.139. The highest BCUT2D eigenvalue weighted by atomic mass is 16.4. The van der Waals surface area contributed by atoms with Crippen molar-refractivity contribution in [3.05, 3.63) is 0 Å². The van der Waals surface area contributed by atoms with Crippen LogP contribution in [-0.2, 0) is 4.79 Å². The number of nitrogens with one attached hydrogen (secondary N) is 2. The van der Waals surface area contributed by atoms with E-state index in [-0.39, 0.29) is 6.03 Å². The molecule has 2 amide bonds. The Morgan fingerprint density at radius 1 is 1.44 bits per heavy atom. The molecule has 1 atom stereocenters. The molecule has 0 unspecified atom stereocenters. The third-order valence-electron chi connectivity index (χ3n) is 2.63. The van der Waals surface area contributed by atoms with Gasteiger partial charge in [-0.15, -0.1) is 0 Å². The number of urea groups is 1. The van der Waals surface area contributed by atoms with Crippen molar-refractivity contribution in [2.24, 2.45) is 0 Å². The molecule has 0 aromatic carbocycles. The Labute approximate surface area is 95.0 Å². The molecular formula is C10H19N3O3. The van der Waals surface area contributed by atoms with Crippen LogP contribution < -0.4 is 10.6 Å². The molecule has 1 fully saturated rings. The molecule has 1 rings (SSSR count). The fourth-order valence-corrected chi connectivity index (χ4v) is 1.63. The van der Waals surface area contributed by atoms with Gasteiger partial charge in [0.15, 0.2) is 0 Å². The summed E-state index contributed by atoms with van der Waals surface area (Å²) in [5.74, 6) is -0.983. The van der Waals surface area contributed by atoms with Gasteiger partial charge in [0.2, 0.25) is 0 Å². The van der Waals surface area contributed by atoms with E-state index in [9.17, 15) is 9.59 Å². The molecule has 1 aliphatic heterocycles. The van der Waals surface area contributed by atoms with Crippen LogP contribution in [0.4, 0.5) is 4.79 Å². The Kier molecular flexibility index (Phi) is 5.04. The third-order valence-corrected chi connectivity index (χ3v) is 2.63. The lowest BCUT2D eigenvalue weighted by Gasteiger charge is -2.22. The van der Waals surface area contributed by atoms with Crippen molar-refractivity contribution in [1.29, 1.82) is 0 Å². The van der Waals surface area contributed by atoms with E-state index in [0.29, 0.717) is 19.5 Å². The summed E-state index contributed by atoms with van der Waals surface area (Å²) in [5, 5.41) is 14.5. The molecule has 92 valence electrons. The summed E-state index contributed by atoms with van der Waals surface area (Å²) >= 11 is 0. The summed E-state index contributed by atoms with van der Waals surface area (Å²) in [6.45, 7) is 4.71. The van der Waals surface area contributed by atoms with Crippen molar-refractivity contribution in [1.82, 2.24) is 15.5 Å². The summed E-state index contributed by atoms with van der Waals surface area (Å²) in [6, 6.07) is -1.07. The first-order valence-corrected chi connectivity index (χ1v) is 5.64. The zero-order chi connectivity index (χ0) is 12.0. The number of carboxylic acids is 1. The van der Waals surface area contributed by atoms with Gasteiger partial charge >= 0.3 is 12.0 Å². The molecule has 0 aromatic heterocycles. The van der Waals surface area contributed by atoms with Crippen LogP contribution in [0.5, 0.6) is 0 Å². The van der Waals surface area contributed by atoms with Gasteiger partial charge in [0.05, 0.1) is 0 Å². The van der Waals surface area contributed by atoms with Gasteiger partial charge in [0, 0.05) is 19.6 Å². The van der Waals surface area contributed by atoms with Crippen molar-refractivity contribution >= 4 is 12.0 Å². The number of nitrogens with zero attached hydrogens (tertiary/aromatic N) is 1. The monoisotopic (exact) mass is 229 g/mol. The van der Waals surface area contributed by atoms with Gasteiger partial charge in [-0.1, -0.05) is 6.92 Å². The Morgan fingerprint density at radius 3 is 2.81 bits per heavy atom. The quantitative estimate of drug-likeness (QED) is 0.629. The maximum absolute atomic E-state index is 11.7. The molecule has 0 aromatic rings. The number of aliphatic carboxylic acids is 1. The van der Waals surface area contributed by atoms with E-state index in [4.69, 9.17) is 5.11 Å². The molecule has 0 saturated carbocycles. The molecule has 0 spiro atoms. The SMILES string of the molecule is CC[C@@H](NC(=O)N1CCCNCC1)C(=O)O. The van der Waals surface area contributed by atoms with Gasteiger partial charge in [-0.05, 0) is 19.4 Å². The van der Waals surface area contributed by atoms with Crippen LogP contribution in [0.25, 0.3) is 0 Å². The fraction of sp³-hybridized carbons (Fsp3) is 0.800. The molecule has 3 N–H and O–H groups in total. The normalized spacial score (nSPS) is 18.7. The highest BCUT2D eigenvalue weighted by Crippen LogP contribution is 1.98. The van der Waals surface area contributed by atoms with E-state index in [1.807, 2.05) is 0 Å². The second-order valence-corrected chi connectivity index (χ2v) is 3.84. The van der Waals surface area contributed by atoms with Gasteiger partial charge in [0.25, 0.3) is 0 Å². The first-order valence-electron chi connectivity index (χ1n) is 5.64. The second kappa shape index (κ2) is 6.32. The van der Waals surface area contributed by atoms with Gasteiger partial charge in [-0.2, -0.15) is 0 Å². The zero-order valence-electron chi connectivity index (χ0n) is 9.53. The summed E-state index contributed by atoms with van der Waals surface area (Å²) in [6.07, 6.45) is 1.30. The summed E-state index contributed by atoms with van der Waals surface area (Å²) in [7, 11) is 0. The lowest BCUT2D eigenvalue weighted by atomic mass is 10.2. The molecule has 1 heterocycles. The maximum atomic E-state index is 11.7. The number of carbonyl (C=O) groups is 2. The second-order valence-electron chi connectivity index (χ2n) is 3.84. The molecule has 16 heavy (non-hydrogen) atoms. The molecule has 6 heteroatoms. The highest BCUT2D eigenvalue weighted by molar-refractivity contribution is 5.82. The molecule has 0 radical (unpaired) electrons. The first kappa shape index (κ1) is 12.8. The van der Waals surface area contributed by atoms with E-state index < -0.39 is 12.0 Å². The van der Waals surface area contributed by atoms with E-state index in [1.165, 1.54) is 0 Å². The number of hydrogen-bond donors (Lipinski definition) is 3. The molecule has 1 saturated heterocycles. The van der Waals surface area contributed by atoms with Gasteiger partial charge in [-0.3, -0.25) is 0 Å². The summed E-state index contributed by atoms with van der Waals surface area (Å²) in [4.78, 5) is 24.2. The highest BCUT2D eigenvalue weighted by Gasteiger charge is 2.21. The van der Waals surface area contributed by atoms with Crippen LogP contribution in [0.1, 0.15) is 19.8 Å². The average molecular weight is 229 g/mol. The van der Waals surface area contributed by atoms with E-state index in [0.717, 1.165) is 19.5 Å². The van der Waals surface area contributed by atoms with Crippen LogP contribution in [0, 0.1) is 0 Å². The lowest BCUT2D eigenvalue weighted by Crippen LogP contribution is -2.48. The fourth-order valence-electron chi connectivity index (χ4n) is 1.63. The topological polar surface area (TPSA) is 81.7 Å². The maximum Gasteiger partial charge on any atom is 0.326 e. The van der Waals surface area contributed by atoms with Crippen LogP contribution in [0.2, 0.25) is 0 Å². The van der Waals surface area contributed by atoms with Gasteiger partial charge < -0.3 is 20.6 Å². The zero-order valence-corrected chi connectivity index (χ0v) is 9.53. The largest absolute Gasteiger partial charge is 0.480 e. The first-order chi connectivity index (χ1) is 7.65. The Hall–Kier alpha value is -1.30. The van der Waals surface area contributed by atoms with Crippen LogP contribution in [0.3, 0.4) is 0 Å². The van der Waals surface area contributed by atoms with Gasteiger partial charge in [0.1, 0.15) is 6.04 Å². The van der Waals surface area contributed by atoms with Crippen LogP contribution in [-0.4, -0.2) is 54.2 Å². The minimum atomic E-state index is -0.983. The number of hydrogen-bond acceptors (Lipinski definition) is 3. The molecule has 6 nitrogen and oxygen atoms in total. The Bertz CT molecular complexity index is 250. The molecule has 1 aliphatic rings. The minimum Gasteiger partial charge on any atom is -0.480 e. The molecule has 0 bridgehead atoms. The predicted octanol–water partition coefficient (Wildman–Crippen LogP) is -0.145. The van der Waals surface area contributed by atoms with E-state index in [1.54, 1.807) is 11.8 Å². The van der Waals surface area contributed by atoms with Crippen molar-refractivity contribution in [2.75, 3.05) is 26.2 Å². The van der Waals surface area contributed by atoms with E-state index >= 15 is 0 Å². The number of rotatable bonds is 3. The number of amides is 2. The summed E-state index contributed by atoms with van der Waals surface area (Å²) in [5.41, 5.74) is 0. The predicted molar refractivity (Wildman–Crippen MR) is 59.3 cm³/mol. The van der Waals surface area contributed by atoms with Crippen molar-refractivity contribution in [3.8, 4) is 0 Å². The number of carbonyl (C=O) groups excluding carboxylic acids is 1. The van der Waals surface area contributed by atoms with Crippen LogP contribution in [0.15, 0.2) is 0 Å². The van der Waals surface area contributed by atoms with Crippen molar-refractivity contribution in [2.45, 2.75) is 25.8 Å². The van der Waals surface area contributed by atoms with Crippen LogP contribution >= 0.6 is 0 Å². The third kappa shape index (κ3) is 3.69. The average Bonchev–Trinajstić information content (AvgIpc) is 2.53. The standard InChI is InChI=1S/C10H19N3O3/c1-2-8(9(14)15)12-10(16)13-6-3-4-11-5-7-13/h8,11H,2-7H2,1H3,(H,12,16)(H,14,15)/t8-/m1/s1. The van der Waals surface area contributed by atoms with Crippen molar-refractivity contribution in [3.63, 3.8) is 0 Å². The molecular weight excluding hydrogens is 210 g/mol. The minimum absolute atomic E-state index is 0.280. The van der Waals surface area contributed by atoms with Gasteiger partial charge in [-0.25, -0.2) is 9.59 Å². The Balaban J connectivity index is 2.46. The Morgan fingerprint density at radius 2 is 2.19 bits per heavy atom. The number of carboxylic acid groups (broad SMARTS) is 1.